The van der Waals surface area contributed by atoms with Crippen LogP contribution >= 0.6 is 11.6 Å². The van der Waals surface area contributed by atoms with Crippen LogP contribution in [0.5, 0.6) is 0 Å². The molecular weight excluding hydrogens is 246 g/mol. The summed E-state index contributed by atoms with van der Waals surface area (Å²) in [7, 11) is 0. The minimum Gasteiger partial charge on any atom is -0.384 e. The molecule has 0 spiro atoms. The summed E-state index contributed by atoms with van der Waals surface area (Å²) < 4.78 is 1.90. The second-order valence-corrected chi connectivity index (χ2v) is 4.76. The Morgan fingerprint density at radius 3 is 2.56 bits per heavy atom. The van der Waals surface area contributed by atoms with E-state index in [0.717, 1.165) is 24.1 Å². The molecule has 18 heavy (non-hydrogen) atoms. The molecule has 2 N–H and O–H groups in total. The van der Waals surface area contributed by atoms with Gasteiger partial charge in [-0.25, -0.2) is 4.68 Å². The molecule has 96 valence electrons. The Morgan fingerprint density at radius 2 is 1.94 bits per heavy atom. The summed E-state index contributed by atoms with van der Waals surface area (Å²) in [5, 5.41) is 5.29. The highest BCUT2D eigenvalue weighted by Crippen LogP contribution is 2.29. The monoisotopic (exact) mass is 263 g/mol. The Morgan fingerprint density at radius 1 is 1.28 bits per heavy atom. The molecule has 1 aromatic carbocycles. The van der Waals surface area contributed by atoms with Gasteiger partial charge in [-0.2, -0.15) is 5.10 Å². The molecule has 3 nitrogen and oxygen atoms in total. The van der Waals surface area contributed by atoms with Crippen molar-refractivity contribution in [2.75, 3.05) is 5.73 Å². The molecule has 0 saturated carbocycles. The first-order valence-electron chi connectivity index (χ1n) is 6.27. The molecule has 0 bridgehead atoms. The van der Waals surface area contributed by atoms with Gasteiger partial charge in [0, 0.05) is 11.6 Å². The van der Waals surface area contributed by atoms with Crippen molar-refractivity contribution in [2.45, 2.75) is 32.7 Å². The van der Waals surface area contributed by atoms with Crippen LogP contribution in [0.3, 0.4) is 0 Å². The first-order chi connectivity index (χ1) is 8.67. The van der Waals surface area contributed by atoms with Crippen LogP contribution in [0, 0.1) is 0 Å². The molecule has 0 saturated heterocycles. The number of aromatic nitrogens is 2. The van der Waals surface area contributed by atoms with Crippen molar-refractivity contribution in [1.29, 1.82) is 0 Å². The highest BCUT2D eigenvalue weighted by atomic mass is 35.5. The number of anilines is 1. The van der Waals surface area contributed by atoms with E-state index in [1.807, 2.05) is 35.0 Å². The van der Waals surface area contributed by atoms with Gasteiger partial charge in [-0.15, -0.1) is 0 Å². The first kappa shape index (κ1) is 13.0. The maximum absolute atomic E-state index is 6.18. The Bertz CT molecular complexity index is 530. The summed E-state index contributed by atoms with van der Waals surface area (Å²) in [5.74, 6) is 0.693. The van der Waals surface area contributed by atoms with E-state index in [1.165, 1.54) is 0 Å². The van der Waals surface area contributed by atoms with Crippen LogP contribution in [0.4, 0.5) is 5.82 Å². The number of benzene rings is 1. The average molecular weight is 264 g/mol. The molecular formula is C14H18ClN3. The normalized spacial score (nSPS) is 11.1. The van der Waals surface area contributed by atoms with E-state index >= 15 is 0 Å². The standard InChI is InChI=1S/C14H18ClN3/c1-3-10(4-2)18-14(16)9-13(17-18)11-7-5-6-8-12(11)15/h5-10H,3-4,16H2,1-2H3. The molecule has 2 aromatic rings. The zero-order chi connectivity index (χ0) is 13.1. The Balaban J connectivity index is 2.43. The first-order valence-corrected chi connectivity index (χ1v) is 6.65. The predicted octanol–water partition coefficient (Wildman–Crippen LogP) is 4.15. The lowest BCUT2D eigenvalue weighted by atomic mass is 10.1. The maximum Gasteiger partial charge on any atom is 0.122 e. The quantitative estimate of drug-likeness (QED) is 0.901. The van der Waals surface area contributed by atoms with E-state index in [-0.39, 0.29) is 0 Å². The summed E-state index contributed by atoms with van der Waals surface area (Å²) in [4.78, 5) is 0. The van der Waals surface area contributed by atoms with Gasteiger partial charge < -0.3 is 5.73 Å². The third kappa shape index (κ3) is 2.36. The summed E-state index contributed by atoms with van der Waals surface area (Å²) in [6.45, 7) is 4.29. The van der Waals surface area contributed by atoms with Crippen LogP contribution in [-0.2, 0) is 0 Å². The van der Waals surface area contributed by atoms with E-state index in [2.05, 4.69) is 18.9 Å². The Kier molecular flexibility index (Phi) is 3.92. The smallest absolute Gasteiger partial charge is 0.122 e. The van der Waals surface area contributed by atoms with Crippen molar-refractivity contribution >= 4 is 17.4 Å². The molecule has 0 aliphatic heterocycles. The lowest BCUT2D eigenvalue weighted by molar-refractivity contribution is 0.435. The maximum atomic E-state index is 6.18. The number of nitrogens with two attached hydrogens (primary N) is 1. The fourth-order valence-corrected chi connectivity index (χ4v) is 2.37. The minimum atomic E-state index is 0.348. The molecule has 0 radical (unpaired) electrons. The molecule has 0 atom stereocenters. The van der Waals surface area contributed by atoms with E-state index in [1.54, 1.807) is 0 Å². The van der Waals surface area contributed by atoms with Crippen LogP contribution in [0.15, 0.2) is 30.3 Å². The number of halogens is 1. The zero-order valence-electron chi connectivity index (χ0n) is 10.7. The lowest BCUT2D eigenvalue weighted by Gasteiger charge is -2.14. The topological polar surface area (TPSA) is 43.8 Å². The van der Waals surface area contributed by atoms with Crippen LogP contribution in [0.2, 0.25) is 5.02 Å². The fourth-order valence-electron chi connectivity index (χ4n) is 2.14. The van der Waals surface area contributed by atoms with Crippen LogP contribution < -0.4 is 5.73 Å². The van der Waals surface area contributed by atoms with Crippen molar-refractivity contribution in [3.05, 3.63) is 35.4 Å². The second kappa shape index (κ2) is 5.44. The highest BCUT2D eigenvalue weighted by molar-refractivity contribution is 6.33. The highest BCUT2D eigenvalue weighted by Gasteiger charge is 2.14. The summed E-state index contributed by atoms with van der Waals surface area (Å²) >= 11 is 6.18. The number of nitrogens with zero attached hydrogens (tertiary/aromatic N) is 2. The van der Waals surface area contributed by atoms with Crippen LogP contribution in [0.25, 0.3) is 11.3 Å². The van der Waals surface area contributed by atoms with Gasteiger partial charge in [0.1, 0.15) is 5.82 Å². The van der Waals surface area contributed by atoms with E-state index in [9.17, 15) is 0 Å². The summed E-state index contributed by atoms with van der Waals surface area (Å²) in [6, 6.07) is 9.92. The SMILES string of the molecule is CCC(CC)n1nc(-c2ccccc2Cl)cc1N. The number of rotatable bonds is 4. The van der Waals surface area contributed by atoms with Gasteiger partial charge in [-0.05, 0) is 18.9 Å². The third-order valence-corrected chi connectivity index (χ3v) is 3.53. The van der Waals surface area contributed by atoms with Gasteiger partial charge >= 0.3 is 0 Å². The van der Waals surface area contributed by atoms with Crippen LogP contribution in [0.1, 0.15) is 32.7 Å². The molecule has 4 heteroatoms. The van der Waals surface area contributed by atoms with Gasteiger partial charge in [-0.1, -0.05) is 43.6 Å². The minimum absolute atomic E-state index is 0.348. The Hall–Kier alpha value is -1.48. The van der Waals surface area contributed by atoms with Gasteiger partial charge in [0.15, 0.2) is 0 Å². The number of hydrogen-bond donors (Lipinski definition) is 1. The summed E-state index contributed by atoms with van der Waals surface area (Å²) in [5.41, 5.74) is 7.80. The van der Waals surface area contributed by atoms with E-state index < -0.39 is 0 Å². The lowest BCUT2D eigenvalue weighted by Crippen LogP contribution is -2.11. The average Bonchev–Trinajstić information content (AvgIpc) is 2.74. The van der Waals surface area contributed by atoms with Gasteiger partial charge in [-0.3, -0.25) is 0 Å². The van der Waals surface area contributed by atoms with Crippen molar-refractivity contribution < 1.29 is 0 Å². The molecule has 0 fully saturated rings. The fraction of sp³-hybridized carbons (Fsp3) is 0.357. The van der Waals surface area contributed by atoms with Gasteiger partial charge in [0.25, 0.3) is 0 Å². The molecule has 0 aliphatic carbocycles. The second-order valence-electron chi connectivity index (χ2n) is 4.35. The molecule has 0 aliphatic rings. The summed E-state index contributed by atoms with van der Waals surface area (Å²) in [6.07, 6.45) is 2.04. The van der Waals surface area contributed by atoms with Crippen molar-refractivity contribution in [1.82, 2.24) is 9.78 Å². The van der Waals surface area contributed by atoms with Crippen molar-refractivity contribution in [2.24, 2.45) is 0 Å². The number of nitrogen functional groups attached to an aromatic ring is 1. The van der Waals surface area contributed by atoms with E-state index in [4.69, 9.17) is 17.3 Å². The van der Waals surface area contributed by atoms with Gasteiger partial charge in [0.2, 0.25) is 0 Å². The van der Waals surface area contributed by atoms with Gasteiger partial charge in [0.05, 0.1) is 16.8 Å². The number of hydrogen-bond acceptors (Lipinski definition) is 2. The third-order valence-electron chi connectivity index (χ3n) is 3.20. The zero-order valence-corrected chi connectivity index (χ0v) is 11.5. The molecule has 1 aromatic heterocycles. The molecule has 1 heterocycles. The predicted molar refractivity (Wildman–Crippen MR) is 76.7 cm³/mol. The molecule has 0 amide bonds. The van der Waals surface area contributed by atoms with E-state index in [0.29, 0.717) is 16.9 Å². The van der Waals surface area contributed by atoms with Crippen LogP contribution in [-0.4, -0.2) is 9.78 Å². The Labute approximate surface area is 113 Å². The van der Waals surface area contributed by atoms with Crippen molar-refractivity contribution in [3.8, 4) is 11.3 Å². The van der Waals surface area contributed by atoms with Crippen molar-refractivity contribution in [3.63, 3.8) is 0 Å². The molecule has 0 unspecified atom stereocenters. The largest absolute Gasteiger partial charge is 0.384 e. The molecule has 2 rings (SSSR count).